The summed E-state index contributed by atoms with van der Waals surface area (Å²) in [7, 11) is 0. The van der Waals surface area contributed by atoms with Gasteiger partial charge >= 0.3 is 5.97 Å². The Hall–Kier alpha value is -3.19. The van der Waals surface area contributed by atoms with Crippen molar-refractivity contribution in [2.24, 2.45) is 0 Å². The van der Waals surface area contributed by atoms with Crippen molar-refractivity contribution in [3.8, 4) is 0 Å². The van der Waals surface area contributed by atoms with Crippen LogP contribution in [0.2, 0.25) is 0 Å². The molecule has 0 aromatic carbocycles. The van der Waals surface area contributed by atoms with Crippen molar-refractivity contribution in [2.45, 2.75) is 57.8 Å². The molecule has 0 saturated heterocycles. The zero-order valence-electron chi connectivity index (χ0n) is 16.6. The number of rotatable bonds is 10. The lowest BCUT2D eigenvalue weighted by molar-refractivity contribution is -0.158. The van der Waals surface area contributed by atoms with Gasteiger partial charge in [0.2, 0.25) is 0 Å². The molecule has 1 aliphatic carbocycles. The third kappa shape index (κ3) is 4.52. The second kappa shape index (κ2) is 9.09. The quantitative estimate of drug-likeness (QED) is 0.453. The van der Waals surface area contributed by atoms with Crippen LogP contribution in [0.4, 0.5) is 0 Å². The predicted octanol–water partition coefficient (Wildman–Crippen LogP) is 0.0830. The largest absolute Gasteiger partial charge is 0.480 e. The van der Waals surface area contributed by atoms with Gasteiger partial charge in [-0.25, -0.2) is 33.9 Å². The molecule has 0 aliphatic heterocycles. The van der Waals surface area contributed by atoms with Crippen LogP contribution >= 0.6 is 0 Å². The van der Waals surface area contributed by atoms with Gasteiger partial charge < -0.3 is 5.11 Å². The maximum absolute atomic E-state index is 11.8. The molecule has 0 spiro atoms. The maximum Gasteiger partial charge on any atom is 0.317 e. The summed E-state index contributed by atoms with van der Waals surface area (Å²) in [5.74, 6) is -0.887. The van der Waals surface area contributed by atoms with Crippen LogP contribution in [0, 0.1) is 0 Å². The average molecular weight is 415 g/mol. The molecule has 0 radical (unpaired) electrons. The second-order valence-corrected chi connectivity index (χ2v) is 7.40. The van der Waals surface area contributed by atoms with Crippen molar-refractivity contribution in [1.29, 1.82) is 0 Å². The van der Waals surface area contributed by atoms with E-state index < -0.39 is 11.6 Å². The molecule has 30 heavy (non-hydrogen) atoms. The number of hydrogen-bond acceptors (Lipinski definition) is 9. The Balaban J connectivity index is 1.71. The first kappa shape index (κ1) is 20.1. The summed E-state index contributed by atoms with van der Waals surface area (Å²) >= 11 is 0. The van der Waals surface area contributed by atoms with Crippen molar-refractivity contribution in [2.75, 3.05) is 6.54 Å². The number of aliphatic carboxylic acids is 1. The van der Waals surface area contributed by atoms with Gasteiger partial charge in [-0.05, 0) is 12.8 Å². The number of carboxylic acid groups (broad SMARTS) is 1. The average Bonchev–Trinajstić information content (AvgIpc) is 3.51. The van der Waals surface area contributed by atoms with Gasteiger partial charge in [0.25, 0.3) is 0 Å². The maximum atomic E-state index is 11.8. The molecule has 4 rings (SSSR count). The fourth-order valence-corrected chi connectivity index (χ4v) is 4.19. The molecule has 3 aromatic rings. The van der Waals surface area contributed by atoms with E-state index in [0.29, 0.717) is 20.0 Å². The molecule has 160 valence electrons. The number of carboxylic acids is 1. The summed E-state index contributed by atoms with van der Waals surface area (Å²) < 4.78 is 5.13. The Kier molecular flexibility index (Phi) is 6.09. The van der Waals surface area contributed by atoms with Crippen LogP contribution in [0.5, 0.6) is 0 Å². The van der Waals surface area contributed by atoms with Crippen molar-refractivity contribution >= 4 is 5.97 Å². The van der Waals surface area contributed by atoms with Crippen LogP contribution in [-0.4, -0.2) is 77.4 Å². The van der Waals surface area contributed by atoms with Crippen LogP contribution < -0.4 is 0 Å². The lowest BCUT2D eigenvalue weighted by atomic mass is 9.86. The monoisotopic (exact) mass is 415 g/mol. The molecule has 0 unspecified atom stereocenters. The molecule has 1 fully saturated rings. The van der Waals surface area contributed by atoms with Crippen LogP contribution in [0.3, 0.4) is 0 Å². The van der Waals surface area contributed by atoms with E-state index in [9.17, 15) is 9.90 Å². The summed E-state index contributed by atoms with van der Waals surface area (Å²) in [6, 6.07) is 0. The van der Waals surface area contributed by atoms with Gasteiger partial charge in [-0.1, -0.05) is 19.3 Å². The number of nitrogens with zero attached hydrogens (tertiary/aromatic N) is 11. The normalized spacial score (nSPS) is 16.3. The van der Waals surface area contributed by atoms with Gasteiger partial charge in [0, 0.05) is 0 Å². The van der Waals surface area contributed by atoms with Crippen LogP contribution in [0.1, 0.15) is 32.1 Å². The minimum Gasteiger partial charge on any atom is -0.480 e. The number of aromatic nitrogens is 9. The molecule has 3 aromatic heterocycles. The highest BCUT2D eigenvalue weighted by molar-refractivity contribution is 5.69. The minimum atomic E-state index is -0.887. The summed E-state index contributed by atoms with van der Waals surface area (Å²) in [6.45, 7) is 1.07. The van der Waals surface area contributed by atoms with Crippen LogP contribution in [0.15, 0.2) is 38.0 Å². The highest BCUT2D eigenvalue weighted by atomic mass is 16.4. The highest BCUT2D eigenvalue weighted by Crippen LogP contribution is 2.38. The first-order valence-electron chi connectivity index (χ1n) is 9.85. The molecule has 1 saturated carbocycles. The van der Waals surface area contributed by atoms with E-state index in [2.05, 4.69) is 35.1 Å². The molecule has 3 heterocycles. The molecule has 0 bridgehead atoms. The zero-order valence-corrected chi connectivity index (χ0v) is 16.6. The van der Waals surface area contributed by atoms with E-state index in [-0.39, 0.29) is 6.54 Å². The molecule has 1 aliphatic rings. The van der Waals surface area contributed by atoms with Gasteiger partial charge in [-0.15, -0.1) is 0 Å². The fraction of sp³-hybridized carbons (Fsp3) is 0.588. The van der Waals surface area contributed by atoms with E-state index >= 15 is 0 Å². The first-order chi connectivity index (χ1) is 14.7. The minimum absolute atomic E-state index is 0.120. The van der Waals surface area contributed by atoms with Crippen molar-refractivity contribution in [3.63, 3.8) is 0 Å². The SMILES string of the molecule is O=C(O)CN(Cn1cncn1)C1(N(Cn2cncn2)Cn2cncn2)CCCCC1. The van der Waals surface area contributed by atoms with Crippen molar-refractivity contribution < 1.29 is 9.90 Å². The first-order valence-corrected chi connectivity index (χ1v) is 9.85. The Labute approximate surface area is 173 Å². The van der Waals surface area contributed by atoms with Crippen LogP contribution in [0.25, 0.3) is 0 Å². The van der Waals surface area contributed by atoms with E-state index in [4.69, 9.17) is 0 Å². The van der Waals surface area contributed by atoms with Gasteiger partial charge in [-0.3, -0.25) is 9.69 Å². The van der Waals surface area contributed by atoms with Crippen LogP contribution in [-0.2, 0) is 24.8 Å². The fourth-order valence-electron chi connectivity index (χ4n) is 4.19. The summed E-state index contributed by atoms with van der Waals surface area (Å²) in [4.78, 5) is 28.1. The summed E-state index contributed by atoms with van der Waals surface area (Å²) in [5, 5.41) is 22.4. The van der Waals surface area contributed by atoms with Gasteiger partial charge in [0.1, 0.15) is 38.0 Å². The molecular formula is C17H25N11O2. The van der Waals surface area contributed by atoms with E-state index in [1.54, 1.807) is 33.0 Å². The molecule has 0 atom stereocenters. The summed E-state index contributed by atoms with van der Waals surface area (Å²) in [5.41, 5.74) is -0.527. The molecule has 0 amide bonds. The topological polar surface area (TPSA) is 136 Å². The van der Waals surface area contributed by atoms with Crippen molar-refractivity contribution in [3.05, 3.63) is 38.0 Å². The Bertz CT molecular complexity index is 852. The van der Waals surface area contributed by atoms with Gasteiger partial charge in [-0.2, -0.15) is 15.3 Å². The van der Waals surface area contributed by atoms with E-state index in [1.807, 2.05) is 4.90 Å². The van der Waals surface area contributed by atoms with Crippen molar-refractivity contribution in [1.82, 2.24) is 54.1 Å². The second-order valence-electron chi connectivity index (χ2n) is 7.40. The predicted molar refractivity (Wildman–Crippen MR) is 102 cm³/mol. The standard InChI is InChI=1S/C17H25N11O2/c29-16(30)6-24(13-26-10-18-7-21-26)17(4-2-1-3-5-17)25(14-27-11-19-8-22-27)15-28-12-20-9-23-28/h7-12H,1-6,13-15H2,(H,29,30). The highest BCUT2D eigenvalue weighted by Gasteiger charge is 2.44. The van der Waals surface area contributed by atoms with Gasteiger partial charge in [0.15, 0.2) is 0 Å². The number of carbonyl (C=O) groups is 1. The Morgan fingerprint density at radius 2 is 1.27 bits per heavy atom. The Morgan fingerprint density at radius 3 is 1.67 bits per heavy atom. The Morgan fingerprint density at radius 1 is 0.800 bits per heavy atom. The molecular weight excluding hydrogens is 390 g/mol. The smallest absolute Gasteiger partial charge is 0.317 e. The third-order valence-corrected chi connectivity index (χ3v) is 5.50. The molecule has 13 heteroatoms. The third-order valence-electron chi connectivity index (χ3n) is 5.50. The lowest BCUT2D eigenvalue weighted by Gasteiger charge is -2.52. The lowest BCUT2D eigenvalue weighted by Crippen LogP contribution is -2.63. The van der Waals surface area contributed by atoms with E-state index in [1.165, 1.54) is 19.0 Å². The summed E-state index contributed by atoms with van der Waals surface area (Å²) in [6.07, 6.45) is 14.1. The van der Waals surface area contributed by atoms with Gasteiger partial charge in [0.05, 0.1) is 32.2 Å². The number of hydrogen-bond donors (Lipinski definition) is 1. The molecule has 1 N–H and O–H groups in total. The zero-order chi connectivity index (χ0) is 20.8. The molecule has 13 nitrogen and oxygen atoms in total. The van der Waals surface area contributed by atoms with E-state index in [0.717, 1.165) is 32.1 Å².